The summed E-state index contributed by atoms with van der Waals surface area (Å²) in [5.74, 6) is -0.643. The minimum absolute atomic E-state index is 0.0392. The van der Waals surface area contributed by atoms with Gasteiger partial charge < -0.3 is 10.1 Å². The molecular formula is C21H24F3N3O4S. The highest BCUT2D eigenvalue weighted by Crippen LogP contribution is 2.21. The van der Waals surface area contributed by atoms with E-state index >= 15 is 0 Å². The first-order valence-electron chi connectivity index (χ1n) is 10.2. The van der Waals surface area contributed by atoms with Crippen LogP contribution in [-0.4, -0.2) is 49.5 Å². The summed E-state index contributed by atoms with van der Waals surface area (Å²) >= 11 is 0. The van der Waals surface area contributed by atoms with Crippen LogP contribution >= 0.6 is 0 Å². The van der Waals surface area contributed by atoms with Gasteiger partial charge in [-0.2, -0.15) is 17.5 Å². The van der Waals surface area contributed by atoms with E-state index in [4.69, 9.17) is 0 Å². The van der Waals surface area contributed by atoms with E-state index in [9.17, 15) is 26.4 Å². The topological polar surface area (TPSA) is 88.6 Å². The molecule has 1 aliphatic heterocycles. The summed E-state index contributed by atoms with van der Waals surface area (Å²) in [6.45, 7) is -0.434. The van der Waals surface area contributed by atoms with Crippen molar-refractivity contribution < 1.29 is 31.1 Å². The van der Waals surface area contributed by atoms with E-state index in [-0.39, 0.29) is 22.9 Å². The Morgan fingerprint density at radius 1 is 1.06 bits per heavy atom. The zero-order valence-electron chi connectivity index (χ0n) is 17.3. The lowest BCUT2D eigenvalue weighted by molar-refractivity contribution is -0.154. The Hall–Kier alpha value is -2.66. The molecule has 1 aliphatic rings. The Kier molecular flexibility index (Phi) is 7.73. The predicted octanol–water partition coefficient (Wildman–Crippen LogP) is 3.52. The van der Waals surface area contributed by atoms with Crippen LogP contribution in [0, 0.1) is 0 Å². The van der Waals surface area contributed by atoms with Crippen LogP contribution in [-0.2, 0) is 16.6 Å². The van der Waals surface area contributed by atoms with Crippen molar-refractivity contribution in [3.63, 3.8) is 0 Å². The van der Waals surface area contributed by atoms with E-state index in [1.54, 1.807) is 0 Å². The van der Waals surface area contributed by atoms with Crippen LogP contribution in [0.5, 0.6) is 5.88 Å². The Morgan fingerprint density at radius 2 is 1.72 bits per heavy atom. The molecule has 32 heavy (non-hydrogen) atoms. The molecule has 1 saturated heterocycles. The second kappa shape index (κ2) is 10.3. The Bertz CT molecular complexity index is 1020. The van der Waals surface area contributed by atoms with Gasteiger partial charge >= 0.3 is 6.18 Å². The first kappa shape index (κ1) is 24.0. The van der Waals surface area contributed by atoms with Crippen LogP contribution < -0.4 is 10.1 Å². The molecule has 0 spiro atoms. The summed E-state index contributed by atoms with van der Waals surface area (Å²) < 4.78 is 68.5. The van der Waals surface area contributed by atoms with Crippen molar-refractivity contribution in [3.05, 3.63) is 53.7 Å². The number of pyridine rings is 1. The number of carbonyl (C=O) groups excluding carboxylic acids is 1. The number of halogens is 3. The Balaban J connectivity index is 1.59. The van der Waals surface area contributed by atoms with Crippen LogP contribution in [0.1, 0.15) is 41.6 Å². The highest BCUT2D eigenvalue weighted by atomic mass is 32.2. The molecule has 7 nitrogen and oxygen atoms in total. The molecule has 0 unspecified atom stereocenters. The van der Waals surface area contributed by atoms with Crippen molar-refractivity contribution in [3.8, 4) is 5.88 Å². The molecule has 3 rings (SSSR count). The summed E-state index contributed by atoms with van der Waals surface area (Å²) in [6, 6.07) is 8.53. The zero-order chi connectivity index (χ0) is 23.2. The number of amides is 1. The second-order valence-electron chi connectivity index (χ2n) is 7.43. The summed E-state index contributed by atoms with van der Waals surface area (Å²) in [5, 5.41) is 2.64. The van der Waals surface area contributed by atoms with Crippen LogP contribution in [0.3, 0.4) is 0 Å². The summed E-state index contributed by atoms with van der Waals surface area (Å²) in [5.41, 5.74) is 0.772. The molecule has 2 heterocycles. The van der Waals surface area contributed by atoms with Gasteiger partial charge in [0, 0.05) is 37.5 Å². The van der Waals surface area contributed by atoms with Crippen molar-refractivity contribution in [2.24, 2.45) is 0 Å². The minimum Gasteiger partial charge on any atom is -0.468 e. The molecule has 1 amide bonds. The normalized spacial score (nSPS) is 15.7. The van der Waals surface area contributed by atoms with Crippen molar-refractivity contribution in [2.75, 3.05) is 19.7 Å². The summed E-state index contributed by atoms with van der Waals surface area (Å²) in [7, 11) is -3.60. The smallest absolute Gasteiger partial charge is 0.422 e. The molecule has 11 heteroatoms. The average Bonchev–Trinajstić information content (AvgIpc) is 3.06. The second-order valence-corrected chi connectivity index (χ2v) is 9.37. The highest BCUT2D eigenvalue weighted by molar-refractivity contribution is 7.89. The fourth-order valence-corrected chi connectivity index (χ4v) is 4.81. The van der Waals surface area contributed by atoms with E-state index in [0.717, 1.165) is 25.7 Å². The predicted molar refractivity (Wildman–Crippen MR) is 111 cm³/mol. The van der Waals surface area contributed by atoms with E-state index in [1.165, 1.54) is 46.9 Å². The number of hydrogen-bond acceptors (Lipinski definition) is 5. The standard InChI is InChI=1S/C21H24F3N3O4S/c22-21(23,24)15-31-19-13-16(9-10-25-19)14-26-20(28)17-5-7-18(8-6-17)32(29,30)27-11-3-1-2-4-12-27/h5-10,13H,1-4,11-12,14-15H2,(H,26,28). The number of carbonyl (C=O) groups is 1. The third kappa shape index (κ3) is 6.67. The van der Waals surface area contributed by atoms with Gasteiger partial charge in [-0.25, -0.2) is 13.4 Å². The molecule has 1 fully saturated rings. The van der Waals surface area contributed by atoms with Crippen molar-refractivity contribution in [2.45, 2.75) is 43.3 Å². The van der Waals surface area contributed by atoms with Gasteiger partial charge in [0.25, 0.3) is 5.91 Å². The van der Waals surface area contributed by atoms with E-state index in [2.05, 4.69) is 15.0 Å². The third-order valence-electron chi connectivity index (χ3n) is 4.96. The van der Waals surface area contributed by atoms with Gasteiger partial charge in [0.05, 0.1) is 4.90 Å². The number of alkyl halides is 3. The number of benzene rings is 1. The van der Waals surface area contributed by atoms with Gasteiger partial charge in [0.15, 0.2) is 6.61 Å². The first-order valence-corrected chi connectivity index (χ1v) is 11.6. The number of nitrogens with zero attached hydrogens (tertiary/aromatic N) is 2. The van der Waals surface area contributed by atoms with E-state index in [0.29, 0.717) is 18.7 Å². The molecule has 1 aromatic heterocycles. The molecular weight excluding hydrogens is 447 g/mol. The maximum atomic E-state index is 12.8. The van der Waals surface area contributed by atoms with E-state index in [1.807, 2.05) is 0 Å². The molecule has 1 aromatic carbocycles. The first-order chi connectivity index (χ1) is 15.1. The largest absolute Gasteiger partial charge is 0.468 e. The lowest BCUT2D eigenvalue weighted by atomic mass is 10.2. The SMILES string of the molecule is O=C(NCc1ccnc(OCC(F)(F)F)c1)c1ccc(S(=O)(=O)N2CCCCCC2)cc1. The van der Waals surface area contributed by atoms with Gasteiger partial charge in [-0.05, 0) is 48.7 Å². The quantitative estimate of drug-likeness (QED) is 0.668. The van der Waals surface area contributed by atoms with Crippen molar-refractivity contribution in [1.29, 1.82) is 0 Å². The fourth-order valence-electron chi connectivity index (χ4n) is 3.29. The molecule has 0 bridgehead atoms. The number of hydrogen-bond donors (Lipinski definition) is 1. The van der Waals surface area contributed by atoms with E-state index < -0.39 is 28.7 Å². The minimum atomic E-state index is -4.47. The Morgan fingerprint density at radius 3 is 2.34 bits per heavy atom. The van der Waals surface area contributed by atoms with Crippen LogP contribution in [0.2, 0.25) is 0 Å². The number of ether oxygens (including phenoxy) is 1. The Labute approximate surface area is 184 Å². The van der Waals surface area contributed by atoms with Crippen molar-refractivity contribution in [1.82, 2.24) is 14.6 Å². The molecule has 0 saturated carbocycles. The number of rotatable bonds is 7. The summed E-state index contributed by atoms with van der Waals surface area (Å²) in [6.07, 6.45) is 0.501. The molecule has 174 valence electrons. The molecule has 2 aromatic rings. The number of sulfonamides is 1. The van der Waals surface area contributed by atoms with Crippen LogP contribution in [0.25, 0.3) is 0 Å². The lowest BCUT2D eigenvalue weighted by Crippen LogP contribution is -2.32. The summed E-state index contributed by atoms with van der Waals surface area (Å²) in [4.78, 5) is 16.2. The van der Waals surface area contributed by atoms with Gasteiger partial charge in [0.1, 0.15) is 0 Å². The van der Waals surface area contributed by atoms with Crippen molar-refractivity contribution >= 4 is 15.9 Å². The number of nitrogens with one attached hydrogen (secondary N) is 1. The maximum absolute atomic E-state index is 12.8. The maximum Gasteiger partial charge on any atom is 0.422 e. The highest BCUT2D eigenvalue weighted by Gasteiger charge is 2.28. The monoisotopic (exact) mass is 471 g/mol. The molecule has 0 aliphatic carbocycles. The van der Waals surface area contributed by atoms with Crippen LogP contribution in [0.4, 0.5) is 13.2 Å². The molecule has 0 atom stereocenters. The lowest BCUT2D eigenvalue weighted by Gasteiger charge is -2.20. The number of aromatic nitrogens is 1. The molecule has 0 radical (unpaired) electrons. The van der Waals surface area contributed by atoms with Crippen LogP contribution in [0.15, 0.2) is 47.5 Å². The van der Waals surface area contributed by atoms with Gasteiger partial charge in [0.2, 0.25) is 15.9 Å². The van der Waals surface area contributed by atoms with Gasteiger partial charge in [-0.1, -0.05) is 12.8 Å². The molecule has 1 N–H and O–H groups in total. The zero-order valence-corrected chi connectivity index (χ0v) is 18.1. The fraction of sp³-hybridized carbons (Fsp3) is 0.429. The average molecular weight is 472 g/mol. The van der Waals surface area contributed by atoms with Gasteiger partial charge in [-0.15, -0.1) is 0 Å². The van der Waals surface area contributed by atoms with Gasteiger partial charge in [-0.3, -0.25) is 4.79 Å². The third-order valence-corrected chi connectivity index (χ3v) is 6.87.